The SMILES string of the molecule is CC1=C2C[C@@]3(C)C(=O)C[C@H](C(C)C)[C@]3(O)C[C@@H]3O[C@@]3(C)[C@@H]2CC1. The maximum Gasteiger partial charge on any atom is 0.142 e. The van der Waals surface area contributed by atoms with Crippen molar-refractivity contribution in [3.05, 3.63) is 11.1 Å². The van der Waals surface area contributed by atoms with Crippen molar-refractivity contribution in [3.8, 4) is 0 Å². The van der Waals surface area contributed by atoms with Crippen molar-refractivity contribution < 1.29 is 14.6 Å². The van der Waals surface area contributed by atoms with Crippen LogP contribution >= 0.6 is 0 Å². The molecular weight excluding hydrogens is 288 g/mol. The van der Waals surface area contributed by atoms with Gasteiger partial charge in [0.05, 0.1) is 22.7 Å². The minimum absolute atomic E-state index is 0.0484. The van der Waals surface area contributed by atoms with Crippen LogP contribution in [0.2, 0.25) is 0 Å². The molecule has 6 atom stereocenters. The summed E-state index contributed by atoms with van der Waals surface area (Å²) >= 11 is 0. The molecule has 0 unspecified atom stereocenters. The van der Waals surface area contributed by atoms with Gasteiger partial charge in [-0.25, -0.2) is 0 Å². The highest BCUT2D eigenvalue weighted by molar-refractivity contribution is 5.89. The summed E-state index contributed by atoms with van der Waals surface area (Å²) in [4.78, 5) is 13.0. The van der Waals surface area contributed by atoms with Gasteiger partial charge in [0.25, 0.3) is 0 Å². The lowest BCUT2D eigenvalue weighted by molar-refractivity contribution is -0.141. The summed E-state index contributed by atoms with van der Waals surface area (Å²) in [6, 6.07) is 0. The zero-order valence-electron chi connectivity index (χ0n) is 15.1. The average Bonchev–Trinajstić information content (AvgIpc) is 2.86. The van der Waals surface area contributed by atoms with E-state index in [1.165, 1.54) is 11.1 Å². The van der Waals surface area contributed by atoms with E-state index >= 15 is 0 Å². The quantitative estimate of drug-likeness (QED) is 0.593. The summed E-state index contributed by atoms with van der Waals surface area (Å²) in [6.07, 6.45) is 4.23. The Kier molecular flexibility index (Phi) is 3.09. The largest absolute Gasteiger partial charge is 0.388 e. The number of rotatable bonds is 1. The van der Waals surface area contributed by atoms with Gasteiger partial charge in [-0.05, 0) is 51.9 Å². The smallest absolute Gasteiger partial charge is 0.142 e. The van der Waals surface area contributed by atoms with Crippen LogP contribution in [-0.4, -0.2) is 28.2 Å². The Morgan fingerprint density at radius 3 is 2.65 bits per heavy atom. The van der Waals surface area contributed by atoms with Gasteiger partial charge < -0.3 is 9.84 Å². The zero-order valence-corrected chi connectivity index (χ0v) is 15.1. The molecule has 1 saturated heterocycles. The van der Waals surface area contributed by atoms with E-state index in [1.54, 1.807) is 0 Å². The molecule has 3 fully saturated rings. The van der Waals surface area contributed by atoms with Crippen molar-refractivity contribution >= 4 is 5.78 Å². The summed E-state index contributed by atoms with van der Waals surface area (Å²) in [5.41, 5.74) is 1.15. The third-order valence-corrected chi connectivity index (χ3v) is 7.88. The lowest BCUT2D eigenvalue weighted by Gasteiger charge is -2.45. The molecule has 3 nitrogen and oxygen atoms in total. The Bertz CT molecular complexity index is 606. The Labute approximate surface area is 139 Å². The molecule has 0 aromatic carbocycles. The average molecular weight is 318 g/mol. The molecule has 3 heteroatoms. The third kappa shape index (κ3) is 1.81. The highest BCUT2D eigenvalue weighted by Gasteiger charge is 2.70. The summed E-state index contributed by atoms with van der Waals surface area (Å²) < 4.78 is 6.16. The molecule has 23 heavy (non-hydrogen) atoms. The second-order valence-electron chi connectivity index (χ2n) is 9.30. The number of carbonyl (C=O) groups is 1. The molecule has 0 bridgehead atoms. The molecule has 1 N–H and O–H groups in total. The number of aliphatic hydroxyl groups is 1. The van der Waals surface area contributed by atoms with Crippen molar-refractivity contribution in [3.63, 3.8) is 0 Å². The molecule has 0 spiro atoms. The molecule has 0 amide bonds. The standard InChI is InChI=1S/C20H30O3/c1-11(2)15-8-16(21)18(4)9-13-12(3)6-7-14(13)19(5)17(23-19)10-20(15,18)22/h11,14-15,17,22H,6-10H2,1-5H3/t14-,15-,17+,18+,19+,20-/m1/s1. The lowest BCUT2D eigenvalue weighted by Crippen LogP contribution is -2.53. The van der Waals surface area contributed by atoms with Crippen molar-refractivity contribution in [2.45, 2.75) is 84.0 Å². The monoisotopic (exact) mass is 318 g/mol. The predicted octanol–water partition coefficient (Wildman–Crippen LogP) is 3.65. The number of fused-ring (bicyclic) bond motifs is 4. The molecule has 1 heterocycles. The van der Waals surface area contributed by atoms with Crippen LogP contribution in [0.15, 0.2) is 11.1 Å². The number of Topliss-reactive ketones (excluding diaryl/α,β-unsaturated/α-hetero) is 1. The first-order valence-electron chi connectivity index (χ1n) is 9.25. The van der Waals surface area contributed by atoms with Crippen LogP contribution in [0.1, 0.15) is 66.7 Å². The number of carbonyl (C=O) groups excluding carboxylic acids is 1. The van der Waals surface area contributed by atoms with Gasteiger partial charge in [-0.1, -0.05) is 25.0 Å². The Morgan fingerprint density at radius 2 is 2.00 bits per heavy atom. The van der Waals surface area contributed by atoms with Gasteiger partial charge in [0.1, 0.15) is 5.78 Å². The first kappa shape index (κ1) is 15.8. The van der Waals surface area contributed by atoms with Crippen LogP contribution in [0.3, 0.4) is 0 Å². The summed E-state index contributed by atoms with van der Waals surface area (Å²) in [5.74, 6) is 1.06. The number of epoxide rings is 1. The minimum Gasteiger partial charge on any atom is -0.388 e. The number of ketones is 1. The summed E-state index contributed by atoms with van der Waals surface area (Å²) in [7, 11) is 0. The topological polar surface area (TPSA) is 49.8 Å². The normalized spacial score (nSPS) is 52.1. The summed E-state index contributed by atoms with van der Waals surface area (Å²) in [6.45, 7) is 10.7. The number of ether oxygens (including phenoxy) is 1. The lowest BCUT2D eigenvalue weighted by atomic mass is 9.60. The molecule has 0 aromatic rings. The van der Waals surface area contributed by atoms with E-state index in [-0.39, 0.29) is 23.4 Å². The van der Waals surface area contributed by atoms with Gasteiger partial charge in [-0.2, -0.15) is 0 Å². The molecule has 4 rings (SSSR count). The predicted molar refractivity (Wildman–Crippen MR) is 88.9 cm³/mol. The number of allylic oxidation sites excluding steroid dienone is 1. The van der Waals surface area contributed by atoms with Gasteiger partial charge in [0, 0.05) is 18.8 Å². The van der Waals surface area contributed by atoms with E-state index in [0.29, 0.717) is 24.7 Å². The van der Waals surface area contributed by atoms with Crippen LogP contribution in [0.4, 0.5) is 0 Å². The van der Waals surface area contributed by atoms with Crippen molar-refractivity contribution in [1.29, 1.82) is 0 Å². The first-order chi connectivity index (χ1) is 10.6. The van der Waals surface area contributed by atoms with Gasteiger partial charge in [0.2, 0.25) is 0 Å². The van der Waals surface area contributed by atoms with Gasteiger partial charge in [-0.15, -0.1) is 0 Å². The molecule has 128 valence electrons. The fraction of sp³-hybridized carbons (Fsp3) is 0.850. The van der Waals surface area contributed by atoms with Crippen molar-refractivity contribution in [1.82, 2.24) is 0 Å². The van der Waals surface area contributed by atoms with E-state index in [2.05, 4.69) is 27.7 Å². The number of hydrogen-bond donors (Lipinski definition) is 1. The Hall–Kier alpha value is -0.670. The molecule has 4 aliphatic rings. The Morgan fingerprint density at radius 1 is 1.30 bits per heavy atom. The fourth-order valence-corrected chi connectivity index (χ4v) is 6.05. The van der Waals surface area contributed by atoms with Crippen LogP contribution in [0.25, 0.3) is 0 Å². The van der Waals surface area contributed by atoms with Gasteiger partial charge in [0.15, 0.2) is 0 Å². The first-order valence-corrected chi connectivity index (χ1v) is 9.25. The summed E-state index contributed by atoms with van der Waals surface area (Å²) in [5, 5.41) is 11.8. The zero-order chi connectivity index (χ0) is 16.8. The fourth-order valence-electron chi connectivity index (χ4n) is 6.05. The second kappa shape index (κ2) is 4.49. The van der Waals surface area contributed by atoms with Crippen molar-refractivity contribution in [2.24, 2.45) is 23.2 Å². The molecule has 1 aliphatic heterocycles. The third-order valence-electron chi connectivity index (χ3n) is 7.88. The van der Waals surface area contributed by atoms with Crippen LogP contribution in [-0.2, 0) is 9.53 Å². The van der Waals surface area contributed by atoms with Crippen LogP contribution < -0.4 is 0 Å². The van der Waals surface area contributed by atoms with E-state index in [0.717, 1.165) is 19.3 Å². The van der Waals surface area contributed by atoms with E-state index in [4.69, 9.17) is 4.74 Å². The molecule has 0 radical (unpaired) electrons. The molecule has 3 aliphatic carbocycles. The molecular formula is C20H30O3. The van der Waals surface area contributed by atoms with E-state index < -0.39 is 11.0 Å². The van der Waals surface area contributed by atoms with Gasteiger partial charge in [-0.3, -0.25) is 4.79 Å². The Balaban J connectivity index is 1.84. The maximum absolute atomic E-state index is 13.0. The van der Waals surface area contributed by atoms with E-state index in [9.17, 15) is 9.90 Å². The van der Waals surface area contributed by atoms with Crippen LogP contribution in [0.5, 0.6) is 0 Å². The molecule has 0 aromatic heterocycles. The van der Waals surface area contributed by atoms with Gasteiger partial charge >= 0.3 is 0 Å². The highest BCUT2D eigenvalue weighted by atomic mass is 16.6. The molecule has 2 saturated carbocycles. The second-order valence-corrected chi connectivity index (χ2v) is 9.30. The minimum atomic E-state index is -0.929. The van der Waals surface area contributed by atoms with E-state index in [1.807, 2.05) is 6.92 Å². The van der Waals surface area contributed by atoms with Crippen molar-refractivity contribution in [2.75, 3.05) is 0 Å². The number of hydrogen-bond acceptors (Lipinski definition) is 3. The maximum atomic E-state index is 13.0. The highest BCUT2D eigenvalue weighted by Crippen LogP contribution is 2.64. The van der Waals surface area contributed by atoms with Crippen LogP contribution in [0, 0.1) is 23.2 Å².